The van der Waals surface area contributed by atoms with Crippen molar-refractivity contribution in [2.75, 3.05) is 79.0 Å². The van der Waals surface area contributed by atoms with E-state index < -0.39 is 0 Å². The van der Waals surface area contributed by atoms with E-state index in [2.05, 4.69) is 39.3 Å². The molecule has 26 heavy (non-hydrogen) atoms. The Morgan fingerprint density at radius 1 is 0.846 bits per heavy atom. The number of guanidine groups is 1. The fourth-order valence-corrected chi connectivity index (χ4v) is 3.67. The first-order valence-corrected chi connectivity index (χ1v) is 10.4. The van der Waals surface area contributed by atoms with Gasteiger partial charge in [-0.05, 0) is 72.4 Å². The minimum Gasteiger partial charge on any atom is -0.357 e. The molecule has 2 N–H and O–H groups in total. The van der Waals surface area contributed by atoms with E-state index in [9.17, 15) is 0 Å². The van der Waals surface area contributed by atoms with Gasteiger partial charge in [-0.3, -0.25) is 4.99 Å². The number of nitrogens with one attached hydrogen (secondary N) is 2. The fourth-order valence-electron chi connectivity index (χ4n) is 3.67. The summed E-state index contributed by atoms with van der Waals surface area (Å²) in [5.41, 5.74) is 0. The van der Waals surface area contributed by atoms with Crippen molar-refractivity contribution >= 4 is 29.9 Å². The van der Waals surface area contributed by atoms with Crippen LogP contribution in [0.4, 0.5) is 0 Å². The molecule has 0 amide bonds. The Kier molecular flexibility index (Phi) is 13.7. The van der Waals surface area contributed by atoms with Crippen molar-refractivity contribution < 1.29 is 0 Å². The van der Waals surface area contributed by atoms with E-state index in [1.54, 1.807) is 0 Å². The summed E-state index contributed by atoms with van der Waals surface area (Å²) in [6, 6.07) is 0. The molecule has 0 aromatic carbocycles. The third-order valence-electron chi connectivity index (χ3n) is 5.23. The highest BCUT2D eigenvalue weighted by Gasteiger charge is 2.11. The number of likely N-dealkylation sites (tertiary alicyclic amines) is 1. The van der Waals surface area contributed by atoms with Gasteiger partial charge in [0.15, 0.2) is 5.96 Å². The van der Waals surface area contributed by atoms with Gasteiger partial charge in [-0.15, -0.1) is 24.0 Å². The zero-order chi connectivity index (χ0) is 17.7. The van der Waals surface area contributed by atoms with Crippen molar-refractivity contribution in [1.29, 1.82) is 0 Å². The lowest BCUT2D eigenvalue weighted by molar-refractivity contribution is 0.232. The SMILES string of the molecule is CCNC(=NCCCN1CCCN(C)CC1)NCCN1CCCCC1.I. The first kappa shape index (κ1) is 23.9. The molecule has 2 aliphatic rings. The average molecular weight is 480 g/mol. The maximum Gasteiger partial charge on any atom is 0.191 e. The van der Waals surface area contributed by atoms with Crippen LogP contribution in [-0.2, 0) is 0 Å². The quantitative estimate of drug-likeness (QED) is 0.240. The van der Waals surface area contributed by atoms with E-state index in [4.69, 9.17) is 4.99 Å². The van der Waals surface area contributed by atoms with Crippen LogP contribution in [0.1, 0.15) is 39.0 Å². The van der Waals surface area contributed by atoms with Gasteiger partial charge < -0.3 is 25.3 Å². The molecule has 0 unspecified atom stereocenters. The van der Waals surface area contributed by atoms with Gasteiger partial charge in [-0.25, -0.2) is 0 Å². The Morgan fingerprint density at radius 2 is 1.58 bits per heavy atom. The van der Waals surface area contributed by atoms with Gasteiger partial charge in [-0.2, -0.15) is 0 Å². The van der Waals surface area contributed by atoms with Gasteiger partial charge in [0, 0.05) is 39.3 Å². The lowest BCUT2D eigenvalue weighted by Gasteiger charge is -2.26. The van der Waals surface area contributed by atoms with Crippen LogP contribution in [0.3, 0.4) is 0 Å². The monoisotopic (exact) mass is 480 g/mol. The van der Waals surface area contributed by atoms with Gasteiger partial charge >= 0.3 is 0 Å². The molecule has 2 aliphatic heterocycles. The Hall–Kier alpha value is -0.120. The highest BCUT2D eigenvalue weighted by molar-refractivity contribution is 14.0. The summed E-state index contributed by atoms with van der Waals surface area (Å²) >= 11 is 0. The molecule has 2 saturated heterocycles. The number of hydrogen-bond acceptors (Lipinski definition) is 4. The molecule has 0 spiro atoms. The second kappa shape index (κ2) is 14.9. The molecule has 0 aromatic rings. The van der Waals surface area contributed by atoms with E-state index in [1.807, 2.05) is 0 Å². The second-order valence-corrected chi connectivity index (χ2v) is 7.44. The molecular formula is C19H41IN6. The molecular weight excluding hydrogens is 439 g/mol. The number of aliphatic imine (C=N–C) groups is 1. The summed E-state index contributed by atoms with van der Waals surface area (Å²) in [7, 11) is 2.23. The van der Waals surface area contributed by atoms with Crippen LogP contribution in [0.5, 0.6) is 0 Å². The predicted molar refractivity (Wildman–Crippen MR) is 123 cm³/mol. The molecule has 0 radical (unpaired) electrons. The van der Waals surface area contributed by atoms with Crippen molar-refractivity contribution in [3.8, 4) is 0 Å². The minimum absolute atomic E-state index is 0. The van der Waals surface area contributed by atoms with Crippen molar-refractivity contribution in [3.05, 3.63) is 0 Å². The van der Waals surface area contributed by atoms with Gasteiger partial charge in [0.05, 0.1) is 0 Å². The van der Waals surface area contributed by atoms with Crippen molar-refractivity contribution in [2.45, 2.75) is 39.0 Å². The first-order valence-electron chi connectivity index (χ1n) is 10.4. The van der Waals surface area contributed by atoms with Crippen LogP contribution in [0.25, 0.3) is 0 Å². The zero-order valence-corrected chi connectivity index (χ0v) is 19.3. The maximum atomic E-state index is 4.76. The summed E-state index contributed by atoms with van der Waals surface area (Å²) < 4.78 is 0. The molecule has 2 rings (SSSR count). The highest BCUT2D eigenvalue weighted by atomic mass is 127. The largest absolute Gasteiger partial charge is 0.357 e. The maximum absolute atomic E-state index is 4.76. The van der Waals surface area contributed by atoms with Crippen LogP contribution in [0.15, 0.2) is 4.99 Å². The van der Waals surface area contributed by atoms with E-state index in [1.165, 1.54) is 71.5 Å². The van der Waals surface area contributed by atoms with E-state index in [-0.39, 0.29) is 24.0 Å². The predicted octanol–water partition coefficient (Wildman–Crippen LogP) is 1.67. The third-order valence-corrected chi connectivity index (χ3v) is 5.23. The molecule has 0 saturated carbocycles. The third kappa shape index (κ3) is 10.3. The second-order valence-electron chi connectivity index (χ2n) is 7.44. The van der Waals surface area contributed by atoms with E-state index in [0.717, 1.165) is 38.6 Å². The highest BCUT2D eigenvalue weighted by Crippen LogP contribution is 2.07. The zero-order valence-electron chi connectivity index (χ0n) is 17.0. The Bertz CT molecular complexity index is 373. The topological polar surface area (TPSA) is 46.1 Å². The molecule has 2 fully saturated rings. The van der Waals surface area contributed by atoms with Crippen molar-refractivity contribution in [3.63, 3.8) is 0 Å². The molecule has 0 bridgehead atoms. The van der Waals surface area contributed by atoms with Crippen LogP contribution in [0, 0.1) is 0 Å². The fraction of sp³-hybridized carbons (Fsp3) is 0.947. The number of likely N-dealkylation sites (N-methyl/N-ethyl adjacent to an activating group) is 1. The first-order chi connectivity index (χ1) is 12.3. The number of rotatable bonds is 8. The molecule has 2 heterocycles. The average Bonchev–Trinajstić information content (AvgIpc) is 2.84. The molecule has 0 aliphatic carbocycles. The summed E-state index contributed by atoms with van der Waals surface area (Å²) in [4.78, 5) is 12.4. The number of halogens is 1. The lowest BCUT2D eigenvalue weighted by Crippen LogP contribution is -2.42. The molecule has 0 aromatic heterocycles. The van der Waals surface area contributed by atoms with Crippen LogP contribution < -0.4 is 10.6 Å². The summed E-state index contributed by atoms with van der Waals surface area (Å²) in [6.07, 6.45) is 6.56. The van der Waals surface area contributed by atoms with E-state index in [0.29, 0.717) is 0 Å². The van der Waals surface area contributed by atoms with E-state index >= 15 is 0 Å². The minimum atomic E-state index is 0. The van der Waals surface area contributed by atoms with Gasteiger partial charge in [0.25, 0.3) is 0 Å². The molecule has 7 heteroatoms. The van der Waals surface area contributed by atoms with Crippen molar-refractivity contribution in [2.24, 2.45) is 4.99 Å². The van der Waals surface area contributed by atoms with Crippen LogP contribution in [-0.4, -0.2) is 99.7 Å². The standard InChI is InChI=1S/C19H40N6.HI/c1-3-20-19(22-10-16-24-12-5-4-6-13-24)21-9-7-14-25-15-8-11-23(2)17-18-25;/h3-18H2,1-2H3,(H2,20,21,22);1H. The Morgan fingerprint density at radius 3 is 2.35 bits per heavy atom. The Labute approximate surface area is 178 Å². The number of piperidine rings is 1. The van der Waals surface area contributed by atoms with Gasteiger partial charge in [0.2, 0.25) is 0 Å². The number of nitrogens with zero attached hydrogens (tertiary/aromatic N) is 4. The van der Waals surface area contributed by atoms with Gasteiger partial charge in [-0.1, -0.05) is 6.42 Å². The normalized spacial score (nSPS) is 21.1. The summed E-state index contributed by atoms with van der Waals surface area (Å²) in [6.45, 7) is 14.7. The van der Waals surface area contributed by atoms with Gasteiger partial charge in [0.1, 0.15) is 0 Å². The van der Waals surface area contributed by atoms with Crippen molar-refractivity contribution in [1.82, 2.24) is 25.3 Å². The summed E-state index contributed by atoms with van der Waals surface area (Å²) in [5.74, 6) is 0.982. The molecule has 0 atom stereocenters. The van der Waals surface area contributed by atoms with Crippen LogP contribution >= 0.6 is 24.0 Å². The molecule has 6 nitrogen and oxygen atoms in total. The van der Waals surface area contributed by atoms with Crippen LogP contribution in [0.2, 0.25) is 0 Å². The lowest BCUT2D eigenvalue weighted by atomic mass is 10.1. The number of hydrogen-bond donors (Lipinski definition) is 2. The molecule has 154 valence electrons. The Balaban J connectivity index is 0.00000338. The smallest absolute Gasteiger partial charge is 0.191 e. The summed E-state index contributed by atoms with van der Waals surface area (Å²) in [5, 5.41) is 6.87.